The Kier molecular flexibility index (Phi) is 3.88. The van der Waals surface area contributed by atoms with Gasteiger partial charge in [-0.25, -0.2) is 0 Å². The molecule has 96 valence electrons. The fourth-order valence-corrected chi connectivity index (χ4v) is 2.40. The molecule has 0 atom stereocenters. The highest BCUT2D eigenvalue weighted by Gasteiger charge is 2.30. The van der Waals surface area contributed by atoms with E-state index in [0.29, 0.717) is 16.7 Å². The summed E-state index contributed by atoms with van der Waals surface area (Å²) in [6.07, 6.45) is 4.02. The van der Waals surface area contributed by atoms with Gasteiger partial charge in [-0.2, -0.15) is 5.26 Å². The molecule has 3 heteroatoms. The van der Waals surface area contributed by atoms with Gasteiger partial charge in [0.05, 0.1) is 12.7 Å². The molecule has 18 heavy (non-hydrogen) atoms. The quantitative estimate of drug-likeness (QED) is 0.866. The van der Waals surface area contributed by atoms with Crippen LogP contribution >= 0.6 is 0 Å². The van der Waals surface area contributed by atoms with Gasteiger partial charge < -0.3 is 10.1 Å². The Bertz CT molecular complexity index is 458. The van der Waals surface area contributed by atoms with Gasteiger partial charge in [0.15, 0.2) is 0 Å². The predicted molar refractivity (Wildman–Crippen MR) is 71.4 cm³/mol. The van der Waals surface area contributed by atoms with Crippen LogP contribution in [-0.4, -0.2) is 13.7 Å². The second-order valence-electron chi connectivity index (χ2n) is 5.41. The van der Waals surface area contributed by atoms with Crippen molar-refractivity contribution in [3.63, 3.8) is 0 Å². The van der Waals surface area contributed by atoms with E-state index in [1.165, 1.54) is 19.3 Å². The van der Waals surface area contributed by atoms with Crippen LogP contribution in [0.25, 0.3) is 0 Å². The van der Waals surface area contributed by atoms with Crippen LogP contribution in [0.15, 0.2) is 18.2 Å². The molecule has 2 rings (SSSR count). The fraction of sp³-hybridized carbons (Fsp3) is 0.533. The van der Waals surface area contributed by atoms with Gasteiger partial charge in [-0.15, -0.1) is 0 Å². The molecule has 0 saturated heterocycles. The van der Waals surface area contributed by atoms with Crippen molar-refractivity contribution >= 4 is 0 Å². The molecule has 1 aliphatic carbocycles. The van der Waals surface area contributed by atoms with Crippen LogP contribution in [-0.2, 0) is 6.54 Å². The van der Waals surface area contributed by atoms with E-state index in [-0.39, 0.29) is 0 Å². The van der Waals surface area contributed by atoms with E-state index >= 15 is 0 Å². The molecule has 0 bridgehead atoms. The summed E-state index contributed by atoms with van der Waals surface area (Å²) in [6.45, 7) is 4.23. The molecular weight excluding hydrogens is 224 g/mol. The molecule has 1 fully saturated rings. The van der Waals surface area contributed by atoms with Crippen molar-refractivity contribution in [1.82, 2.24) is 5.32 Å². The fourth-order valence-electron chi connectivity index (χ4n) is 2.40. The van der Waals surface area contributed by atoms with Crippen molar-refractivity contribution in [1.29, 1.82) is 5.26 Å². The van der Waals surface area contributed by atoms with E-state index in [1.807, 2.05) is 18.2 Å². The average Bonchev–Trinajstić information content (AvgIpc) is 2.36. The van der Waals surface area contributed by atoms with Crippen molar-refractivity contribution in [3.05, 3.63) is 29.3 Å². The maximum atomic E-state index is 8.92. The standard InChI is InChI=1S/C15H20N2O/c1-15(6-3-7-15)11-17-10-12-4-5-13(9-16)14(8-12)18-2/h4-5,8,17H,3,6-7,10-11H2,1-2H3. The number of nitrogens with one attached hydrogen (secondary N) is 1. The van der Waals surface area contributed by atoms with Gasteiger partial charge in [0, 0.05) is 13.1 Å². The minimum Gasteiger partial charge on any atom is -0.495 e. The molecule has 3 nitrogen and oxygen atoms in total. The highest BCUT2D eigenvalue weighted by atomic mass is 16.5. The Labute approximate surface area is 109 Å². The average molecular weight is 244 g/mol. The van der Waals surface area contributed by atoms with Crippen molar-refractivity contribution in [2.75, 3.05) is 13.7 Å². The van der Waals surface area contributed by atoms with Gasteiger partial charge >= 0.3 is 0 Å². The smallest absolute Gasteiger partial charge is 0.136 e. The summed E-state index contributed by atoms with van der Waals surface area (Å²) in [6, 6.07) is 7.87. The first kappa shape index (κ1) is 12.9. The van der Waals surface area contributed by atoms with Gasteiger partial charge in [0.25, 0.3) is 0 Å². The number of nitrogens with zero attached hydrogens (tertiary/aromatic N) is 1. The molecule has 0 unspecified atom stereocenters. The Morgan fingerprint density at radius 1 is 1.44 bits per heavy atom. The molecule has 0 heterocycles. The second-order valence-corrected chi connectivity index (χ2v) is 5.41. The molecule has 0 radical (unpaired) electrons. The zero-order valence-corrected chi connectivity index (χ0v) is 11.1. The summed E-state index contributed by atoms with van der Waals surface area (Å²) in [5.74, 6) is 0.659. The topological polar surface area (TPSA) is 45.0 Å². The number of nitriles is 1. The van der Waals surface area contributed by atoms with E-state index in [4.69, 9.17) is 10.00 Å². The van der Waals surface area contributed by atoms with Crippen LogP contribution in [0, 0.1) is 16.7 Å². The highest BCUT2D eigenvalue weighted by molar-refractivity contribution is 5.45. The van der Waals surface area contributed by atoms with Crippen LogP contribution in [0.3, 0.4) is 0 Å². The Morgan fingerprint density at radius 2 is 2.22 bits per heavy atom. The monoisotopic (exact) mass is 244 g/mol. The zero-order valence-electron chi connectivity index (χ0n) is 11.1. The number of hydrogen-bond acceptors (Lipinski definition) is 3. The normalized spacial score (nSPS) is 16.7. The molecule has 1 aliphatic rings. The number of benzene rings is 1. The molecule has 1 N–H and O–H groups in total. The van der Waals surface area contributed by atoms with Gasteiger partial charge in [-0.1, -0.05) is 19.4 Å². The predicted octanol–water partition coefficient (Wildman–Crippen LogP) is 2.85. The van der Waals surface area contributed by atoms with E-state index < -0.39 is 0 Å². The highest BCUT2D eigenvalue weighted by Crippen LogP contribution is 2.39. The van der Waals surface area contributed by atoms with Crippen molar-refractivity contribution in [2.24, 2.45) is 5.41 Å². The molecule has 1 saturated carbocycles. The Balaban J connectivity index is 1.91. The second kappa shape index (κ2) is 5.41. The molecule has 0 spiro atoms. The summed E-state index contributed by atoms with van der Waals surface area (Å²) in [4.78, 5) is 0. The van der Waals surface area contributed by atoms with E-state index in [2.05, 4.69) is 18.3 Å². The summed E-state index contributed by atoms with van der Waals surface area (Å²) < 4.78 is 5.21. The molecule has 0 aromatic heterocycles. The van der Waals surface area contributed by atoms with E-state index in [0.717, 1.165) is 18.7 Å². The first-order chi connectivity index (χ1) is 8.67. The molecule has 1 aromatic rings. The summed E-state index contributed by atoms with van der Waals surface area (Å²) in [5.41, 5.74) is 2.25. The van der Waals surface area contributed by atoms with Crippen molar-refractivity contribution in [3.8, 4) is 11.8 Å². The summed E-state index contributed by atoms with van der Waals surface area (Å²) in [5, 5.41) is 12.4. The first-order valence-corrected chi connectivity index (χ1v) is 6.45. The lowest BCUT2D eigenvalue weighted by Crippen LogP contribution is -2.36. The molecular formula is C15H20N2O. The molecule has 1 aromatic carbocycles. The number of rotatable bonds is 5. The SMILES string of the molecule is COc1cc(CNCC2(C)CCC2)ccc1C#N. The minimum absolute atomic E-state index is 0.497. The third-order valence-electron chi connectivity index (χ3n) is 3.83. The maximum Gasteiger partial charge on any atom is 0.136 e. The number of hydrogen-bond donors (Lipinski definition) is 1. The third-order valence-corrected chi connectivity index (χ3v) is 3.83. The van der Waals surface area contributed by atoms with Gasteiger partial charge in [0.1, 0.15) is 11.8 Å². The van der Waals surface area contributed by atoms with Crippen LogP contribution < -0.4 is 10.1 Å². The first-order valence-electron chi connectivity index (χ1n) is 6.45. The van der Waals surface area contributed by atoms with Crippen LogP contribution in [0.5, 0.6) is 5.75 Å². The van der Waals surface area contributed by atoms with Gasteiger partial charge in [0.2, 0.25) is 0 Å². The van der Waals surface area contributed by atoms with Crippen LogP contribution in [0.4, 0.5) is 0 Å². The zero-order chi connectivity index (χ0) is 13.0. The van der Waals surface area contributed by atoms with Gasteiger partial charge in [-0.3, -0.25) is 0 Å². The molecule has 0 amide bonds. The van der Waals surface area contributed by atoms with E-state index in [1.54, 1.807) is 7.11 Å². The lowest BCUT2D eigenvalue weighted by molar-refractivity contribution is 0.156. The summed E-state index contributed by atoms with van der Waals surface area (Å²) >= 11 is 0. The Morgan fingerprint density at radius 3 is 2.78 bits per heavy atom. The largest absolute Gasteiger partial charge is 0.495 e. The third kappa shape index (κ3) is 2.83. The van der Waals surface area contributed by atoms with Crippen molar-refractivity contribution in [2.45, 2.75) is 32.7 Å². The number of methoxy groups -OCH3 is 1. The van der Waals surface area contributed by atoms with Crippen molar-refractivity contribution < 1.29 is 4.74 Å². The van der Waals surface area contributed by atoms with Crippen LogP contribution in [0.2, 0.25) is 0 Å². The summed E-state index contributed by atoms with van der Waals surface area (Å²) in [7, 11) is 1.60. The maximum absolute atomic E-state index is 8.92. The van der Waals surface area contributed by atoms with Gasteiger partial charge in [-0.05, 0) is 36.0 Å². The number of ether oxygens (including phenoxy) is 1. The Hall–Kier alpha value is -1.53. The minimum atomic E-state index is 0.497. The lowest BCUT2D eigenvalue weighted by Gasteiger charge is -2.38. The van der Waals surface area contributed by atoms with Crippen LogP contribution in [0.1, 0.15) is 37.3 Å². The van der Waals surface area contributed by atoms with E-state index in [9.17, 15) is 0 Å². The lowest BCUT2D eigenvalue weighted by atomic mass is 9.70. The molecule has 0 aliphatic heterocycles.